The summed E-state index contributed by atoms with van der Waals surface area (Å²) in [6.07, 6.45) is 4.55. The molecule has 8 heteroatoms. The maximum atomic E-state index is 12.3. The van der Waals surface area contributed by atoms with Crippen LogP contribution >= 0.6 is 0 Å². The van der Waals surface area contributed by atoms with Crippen LogP contribution in [0.2, 0.25) is 0 Å². The van der Waals surface area contributed by atoms with Gasteiger partial charge in [0.1, 0.15) is 29.0 Å². The van der Waals surface area contributed by atoms with Gasteiger partial charge in [-0.15, -0.1) is 0 Å². The molecule has 0 amide bonds. The number of rotatable bonds is 7. The molecular formula is C22H26N2O6. The van der Waals surface area contributed by atoms with E-state index in [4.69, 9.17) is 14.2 Å². The highest BCUT2D eigenvalue weighted by Crippen LogP contribution is 2.42. The SMILES string of the molecule is C=C(C)C(=O)O[C@@H](CC=C(C)C)c1cc(OC)c2c(c1OC)C(=NO)C=CC2=NO. The van der Waals surface area contributed by atoms with E-state index in [1.165, 1.54) is 26.4 Å². The number of hydrogen-bond acceptors (Lipinski definition) is 8. The van der Waals surface area contributed by atoms with Gasteiger partial charge < -0.3 is 24.6 Å². The number of hydrogen-bond donors (Lipinski definition) is 2. The Morgan fingerprint density at radius 3 is 2.17 bits per heavy atom. The minimum atomic E-state index is -0.724. The first-order chi connectivity index (χ1) is 14.3. The van der Waals surface area contributed by atoms with Crippen molar-refractivity contribution in [2.45, 2.75) is 33.3 Å². The lowest BCUT2D eigenvalue weighted by atomic mass is 9.88. The lowest BCUT2D eigenvalue weighted by molar-refractivity contribution is -0.144. The largest absolute Gasteiger partial charge is 0.496 e. The van der Waals surface area contributed by atoms with Crippen molar-refractivity contribution in [3.05, 3.63) is 58.7 Å². The predicted molar refractivity (Wildman–Crippen MR) is 113 cm³/mol. The molecule has 0 fully saturated rings. The molecule has 2 rings (SSSR count). The Balaban J connectivity index is 2.81. The summed E-state index contributed by atoms with van der Waals surface area (Å²) in [5, 5.41) is 25.6. The third-order valence-corrected chi connectivity index (χ3v) is 4.51. The van der Waals surface area contributed by atoms with E-state index in [0.29, 0.717) is 34.6 Å². The fourth-order valence-corrected chi connectivity index (χ4v) is 3.08. The molecule has 2 N–H and O–H groups in total. The van der Waals surface area contributed by atoms with Gasteiger partial charge in [0.25, 0.3) is 0 Å². The molecule has 0 heterocycles. The van der Waals surface area contributed by atoms with Crippen LogP contribution < -0.4 is 9.47 Å². The molecule has 1 aliphatic rings. The number of esters is 1. The summed E-state index contributed by atoms with van der Waals surface area (Å²) in [6.45, 7) is 9.08. The maximum Gasteiger partial charge on any atom is 0.333 e. The first-order valence-electron chi connectivity index (χ1n) is 9.20. The van der Waals surface area contributed by atoms with Crippen molar-refractivity contribution in [3.63, 3.8) is 0 Å². The highest BCUT2D eigenvalue weighted by molar-refractivity contribution is 6.27. The zero-order chi connectivity index (χ0) is 22.4. The molecule has 0 spiro atoms. The Morgan fingerprint density at radius 2 is 1.70 bits per heavy atom. The molecule has 160 valence electrons. The molecule has 1 aliphatic carbocycles. The quantitative estimate of drug-likeness (QED) is 0.228. The molecule has 1 atom stereocenters. The van der Waals surface area contributed by atoms with E-state index in [9.17, 15) is 15.2 Å². The van der Waals surface area contributed by atoms with E-state index in [2.05, 4.69) is 16.9 Å². The van der Waals surface area contributed by atoms with E-state index in [1.807, 2.05) is 19.9 Å². The van der Waals surface area contributed by atoms with Crippen LogP contribution in [0.15, 0.2) is 52.3 Å². The van der Waals surface area contributed by atoms with Gasteiger partial charge >= 0.3 is 5.97 Å². The van der Waals surface area contributed by atoms with Gasteiger partial charge in [0.05, 0.1) is 25.3 Å². The van der Waals surface area contributed by atoms with Gasteiger partial charge in [-0.3, -0.25) is 0 Å². The number of nitrogens with zero attached hydrogens (tertiary/aromatic N) is 2. The fourth-order valence-electron chi connectivity index (χ4n) is 3.08. The monoisotopic (exact) mass is 414 g/mol. The molecule has 0 saturated carbocycles. The number of carbonyl (C=O) groups excluding carboxylic acids is 1. The summed E-state index contributed by atoms with van der Waals surface area (Å²) in [5.41, 5.74) is 2.96. The average molecular weight is 414 g/mol. The molecule has 30 heavy (non-hydrogen) atoms. The van der Waals surface area contributed by atoms with E-state index in [-0.39, 0.29) is 17.0 Å². The minimum Gasteiger partial charge on any atom is -0.496 e. The van der Waals surface area contributed by atoms with Gasteiger partial charge in [-0.25, -0.2) is 4.79 Å². The van der Waals surface area contributed by atoms with Gasteiger partial charge in [-0.2, -0.15) is 0 Å². The van der Waals surface area contributed by atoms with Gasteiger partial charge in [-0.1, -0.05) is 28.5 Å². The summed E-state index contributed by atoms with van der Waals surface area (Å²) in [4.78, 5) is 12.3. The number of oxime groups is 2. The number of fused-ring (bicyclic) bond motifs is 1. The highest BCUT2D eigenvalue weighted by atomic mass is 16.5. The van der Waals surface area contributed by atoms with Crippen LogP contribution in [-0.4, -0.2) is 42.0 Å². The minimum absolute atomic E-state index is 0.182. The topological polar surface area (TPSA) is 110 Å². The summed E-state index contributed by atoms with van der Waals surface area (Å²) in [6, 6.07) is 1.66. The molecule has 0 saturated heterocycles. The van der Waals surface area contributed by atoms with Gasteiger partial charge in [0.15, 0.2) is 0 Å². The number of methoxy groups -OCH3 is 2. The van der Waals surface area contributed by atoms with Crippen molar-refractivity contribution in [2.24, 2.45) is 10.3 Å². The Morgan fingerprint density at radius 1 is 1.10 bits per heavy atom. The second kappa shape index (κ2) is 9.78. The maximum absolute atomic E-state index is 12.3. The Bertz CT molecular complexity index is 968. The van der Waals surface area contributed by atoms with Gasteiger partial charge in [-0.05, 0) is 39.0 Å². The standard InChI is InChI=1S/C22H26N2O6/c1-12(2)7-10-17(30-22(25)13(3)4)14-11-18(28-5)19-15(23-26)8-9-16(24-27)20(19)21(14)29-6/h7-9,11,17,26-27H,3,10H2,1-2,4-6H3/t17-/m0/s1. The zero-order valence-electron chi connectivity index (χ0n) is 17.7. The molecule has 0 unspecified atom stereocenters. The first-order valence-corrected chi connectivity index (χ1v) is 9.20. The summed E-state index contributed by atoms with van der Waals surface area (Å²) < 4.78 is 16.8. The highest BCUT2D eigenvalue weighted by Gasteiger charge is 2.32. The molecular weight excluding hydrogens is 388 g/mol. The Labute approximate surface area is 175 Å². The molecule has 0 aromatic heterocycles. The van der Waals surface area contributed by atoms with Crippen molar-refractivity contribution in [1.82, 2.24) is 0 Å². The Kier molecular flexibility index (Phi) is 7.41. The third kappa shape index (κ3) is 4.53. The summed E-state index contributed by atoms with van der Waals surface area (Å²) >= 11 is 0. The van der Waals surface area contributed by atoms with Crippen LogP contribution in [0.3, 0.4) is 0 Å². The number of ether oxygens (including phenoxy) is 3. The smallest absolute Gasteiger partial charge is 0.333 e. The second-order valence-electron chi connectivity index (χ2n) is 6.95. The molecule has 0 radical (unpaired) electrons. The van der Waals surface area contributed by atoms with Crippen LogP contribution in [0.1, 0.15) is 50.0 Å². The van der Waals surface area contributed by atoms with Crippen molar-refractivity contribution in [2.75, 3.05) is 14.2 Å². The van der Waals surface area contributed by atoms with Crippen molar-refractivity contribution in [3.8, 4) is 11.5 Å². The Hall–Kier alpha value is -3.55. The molecule has 0 bridgehead atoms. The van der Waals surface area contributed by atoms with Crippen LogP contribution in [0.4, 0.5) is 0 Å². The van der Waals surface area contributed by atoms with Gasteiger partial charge in [0, 0.05) is 17.6 Å². The number of carbonyl (C=O) groups is 1. The second-order valence-corrected chi connectivity index (χ2v) is 6.95. The van der Waals surface area contributed by atoms with Crippen molar-refractivity contribution in [1.29, 1.82) is 0 Å². The number of allylic oxidation sites excluding steroid dienone is 3. The van der Waals surface area contributed by atoms with Crippen LogP contribution in [0, 0.1) is 0 Å². The first kappa shape index (κ1) is 22.7. The lowest BCUT2D eigenvalue weighted by Crippen LogP contribution is -2.20. The van der Waals surface area contributed by atoms with Crippen LogP contribution in [0.25, 0.3) is 0 Å². The average Bonchev–Trinajstić information content (AvgIpc) is 2.73. The third-order valence-electron chi connectivity index (χ3n) is 4.51. The van der Waals surface area contributed by atoms with Crippen molar-refractivity contribution < 1.29 is 29.4 Å². The zero-order valence-corrected chi connectivity index (χ0v) is 17.7. The number of benzene rings is 1. The van der Waals surface area contributed by atoms with Gasteiger partial charge in [0.2, 0.25) is 0 Å². The molecule has 1 aromatic rings. The predicted octanol–water partition coefficient (Wildman–Crippen LogP) is 4.15. The summed E-state index contributed by atoms with van der Waals surface area (Å²) in [7, 11) is 2.91. The van der Waals surface area contributed by atoms with Crippen LogP contribution in [-0.2, 0) is 9.53 Å². The molecule has 8 nitrogen and oxygen atoms in total. The van der Waals surface area contributed by atoms with E-state index < -0.39 is 12.1 Å². The normalized spacial score (nSPS) is 16.0. The molecule has 0 aliphatic heterocycles. The van der Waals surface area contributed by atoms with Crippen molar-refractivity contribution >= 4 is 17.4 Å². The van der Waals surface area contributed by atoms with Crippen LogP contribution in [0.5, 0.6) is 11.5 Å². The van der Waals surface area contributed by atoms with E-state index in [0.717, 1.165) is 5.57 Å². The van der Waals surface area contributed by atoms with E-state index in [1.54, 1.807) is 13.0 Å². The molecule has 1 aromatic carbocycles. The fraction of sp³-hybridized carbons (Fsp3) is 0.318. The summed E-state index contributed by atoms with van der Waals surface area (Å²) in [5.74, 6) is 0.105. The van der Waals surface area contributed by atoms with E-state index >= 15 is 0 Å². The lowest BCUT2D eigenvalue weighted by Gasteiger charge is -2.26.